The van der Waals surface area contributed by atoms with Gasteiger partial charge in [0.15, 0.2) is 0 Å². The van der Waals surface area contributed by atoms with E-state index in [1.54, 1.807) is 30.3 Å². The van der Waals surface area contributed by atoms with Crippen LogP contribution >= 0.6 is 0 Å². The third-order valence-corrected chi connectivity index (χ3v) is 2.54. The first-order chi connectivity index (χ1) is 9.27. The van der Waals surface area contributed by atoms with Crippen LogP contribution in [0.4, 0.5) is 0 Å². The van der Waals surface area contributed by atoms with Crippen LogP contribution in [0, 0.1) is 0 Å². The van der Waals surface area contributed by atoms with Gasteiger partial charge in [-0.1, -0.05) is 50.9 Å². The van der Waals surface area contributed by atoms with Gasteiger partial charge in [-0.3, -0.25) is 4.79 Å². The largest absolute Gasteiger partial charge is 0.652 e. The Morgan fingerprint density at radius 1 is 1.25 bits per heavy atom. The molecule has 1 aliphatic heterocycles. The zero-order valence-electron chi connectivity index (χ0n) is 11.6. The molecule has 1 saturated heterocycles. The van der Waals surface area contributed by atoms with Gasteiger partial charge in [0, 0.05) is 20.4 Å². The predicted octanol–water partition coefficient (Wildman–Crippen LogP) is 2.43. The maximum Gasteiger partial charge on any atom is 0.362 e. The summed E-state index contributed by atoms with van der Waals surface area (Å²) in [6.45, 7) is 4.70. The molecule has 1 radical (unpaired) electrons. The van der Waals surface area contributed by atoms with Crippen molar-refractivity contribution in [2.24, 2.45) is 0 Å². The number of hydrogen-bond acceptors (Lipinski definition) is 3. The van der Waals surface area contributed by atoms with Gasteiger partial charge < -0.3 is 10.2 Å². The fourth-order valence-corrected chi connectivity index (χ4v) is 1.63. The minimum Gasteiger partial charge on any atom is -0.652 e. The van der Waals surface area contributed by atoms with E-state index in [4.69, 9.17) is 4.84 Å². The summed E-state index contributed by atoms with van der Waals surface area (Å²) in [5, 5.41) is 4.08. The Hall–Kier alpha value is -1.22. The van der Waals surface area contributed by atoms with E-state index in [0.29, 0.717) is 18.5 Å². The average molecular weight is 450 g/mol. The van der Waals surface area contributed by atoms with Gasteiger partial charge in [0.25, 0.3) is 0 Å². The second-order valence-corrected chi connectivity index (χ2v) is 3.79. The van der Waals surface area contributed by atoms with E-state index < -0.39 is 5.97 Å². The quantitative estimate of drug-likeness (QED) is 0.706. The minimum atomic E-state index is -0.572. The molecule has 1 N–H and O–H groups in total. The zero-order chi connectivity index (χ0) is 14.1. The molecular weight excluding hydrogens is 430 g/mol. The third-order valence-electron chi connectivity index (χ3n) is 2.54. The molecule has 0 bridgehead atoms. The van der Waals surface area contributed by atoms with Crippen molar-refractivity contribution < 1.29 is 34.8 Å². The Kier molecular flexibility index (Phi) is 9.91. The smallest absolute Gasteiger partial charge is 0.362 e. The van der Waals surface area contributed by atoms with Gasteiger partial charge in [0.2, 0.25) is 5.91 Å². The molecule has 1 aromatic carbocycles. The van der Waals surface area contributed by atoms with Gasteiger partial charge in [0.05, 0.1) is 5.56 Å². The van der Waals surface area contributed by atoms with E-state index in [9.17, 15) is 9.59 Å². The number of carbonyl (C=O) groups excluding carboxylic acids is 2. The van der Waals surface area contributed by atoms with Crippen molar-refractivity contribution in [2.75, 3.05) is 6.54 Å². The molecule has 20 heavy (non-hydrogen) atoms. The molecule has 6 heteroatoms. The van der Waals surface area contributed by atoms with Gasteiger partial charge in [-0.05, 0) is 12.1 Å². The van der Waals surface area contributed by atoms with E-state index in [1.807, 2.05) is 13.8 Å². The van der Waals surface area contributed by atoms with Crippen LogP contribution in [0.3, 0.4) is 0 Å². The van der Waals surface area contributed by atoms with Crippen LogP contribution in [0.2, 0.25) is 0 Å². The van der Waals surface area contributed by atoms with Crippen LogP contribution < -0.4 is 5.48 Å². The number of amides is 1. The summed E-state index contributed by atoms with van der Waals surface area (Å²) in [7, 11) is 0. The minimum absolute atomic E-state index is 0. The molecule has 1 fully saturated rings. The summed E-state index contributed by atoms with van der Waals surface area (Å²) in [6, 6.07) is 8.11. The normalized spacial score (nSPS) is 16.2. The van der Waals surface area contributed by atoms with E-state index in [0.717, 1.165) is 6.42 Å². The number of benzene rings is 1. The molecule has 111 valence electrons. The molecule has 0 aromatic heterocycles. The Labute approximate surface area is 133 Å². The van der Waals surface area contributed by atoms with Crippen molar-refractivity contribution >= 4 is 11.9 Å². The Morgan fingerprint density at radius 2 is 1.90 bits per heavy atom. The van der Waals surface area contributed by atoms with Gasteiger partial charge >= 0.3 is 5.97 Å². The first kappa shape index (κ1) is 18.8. The SMILES string of the molecule is CC.O=C(ONC(=O)C1CCC[N-]1)c1ccccc1.[Re]. The summed E-state index contributed by atoms with van der Waals surface area (Å²) in [4.78, 5) is 27.7. The number of hydrogen-bond donors (Lipinski definition) is 1. The molecule has 1 aliphatic rings. The standard InChI is InChI=1S/C12H13N2O3.C2H6.Re/c15-11(10-7-4-8-13-10)14-17-12(16)9-5-2-1-3-6-9;1-2;/h1-3,5-6,10H,4,7-8H2,(H,14,15);1-2H3;/q-1;;. The van der Waals surface area contributed by atoms with Crippen LogP contribution in [0.25, 0.3) is 5.32 Å². The fraction of sp³-hybridized carbons (Fsp3) is 0.429. The topological polar surface area (TPSA) is 69.5 Å². The average Bonchev–Trinajstić information content (AvgIpc) is 3.02. The maximum absolute atomic E-state index is 11.5. The van der Waals surface area contributed by atoms with Crippen molar-refractivity contribution in [3.8, 4) is 0 Å². The van der Waals surface area contributed by atoms with Crippen molar-refractivity contribution in [1.29, 1.82) is 0 Å². The number of hydroxylamine groups is 1. The van der Waals surface area contributed by atoms with Gasteiger partial charge in [-0.25, -0.2) is 4.79 Å². The summed E-state index contributed by atoms with van der Waals surface area (Å²) in [5.41, 5.74) is 2.54. The molecule has 0 aliphatic carbocycles. The first-order valence-electron chi connectivity index (χ1n) is 6.50. The van der Waals surface area contributed by atoms with Crippen molar-refractivity contribution in [3.05, 3.63) is 41.2 Å². The van der Waals surface area contributed by atoms with E-state index in [1.165, 1.54) is 0 Å². The number of rotatable bonds is 2. The molecule has 1 atom stereocenters. The van der Waals surface area contributed by atoms with Gasteiger partial charge in [-0.15, -0.1) is 6.54 Å². The molecule has 1 heterocycles. The molecule has 5 nitrogen and oxygen atoms in total. The Bertz CT molecular complexity index is 406. The number of nitrogens with zero attached hydrogens (tertiary/aromatic N) is 1. The summed E-state index contributed by atoms with van der Waals surface area (Å²) in [5.74, 6) is -0.927. The Morgan fingerprint density at radius 3 is 2.45 bits per heavy atom. The van der Waals surface area contributed by atoms with E-state index in [2.05, 4.69) is 10.8 Å². The maximum atomic E-state index is 11.5. The Balaban J connectivity index is 0.00000115. The van der Waals surface area contributed by atoms with Crippen molar-refractivity contribution in [2.45, 2.75) is 32.7 Å². The third kappa shape index (κ3) is 5.83. The van der Waals surface area contributed by atoms with Crippen molar-refractivity contribution in [1.82, 2.24) is 5.48 Å². The molecule has 0 spiro atoms. The molecule has 1 unspecified atom stereocenters. The predicted molar refractivity (Wildman–Crippen MR) is 72.6 cm³/mol. The van der Waals surface area contributed by atoms with Crippen LogP contribution in [-0.2, 0) is 30.1 Å². The van der Waals surface area contributed by atoms with Gasteiger partial charge in [0.1, 0.15) is 0 Å². The number of nitrogens with one attached hydrogen (secondary N) is 1. The molecule has 1 aromatic rings. The van der Waals surface area contributed by atoms with Crippen LogP contribution in [0.1, 0.15) is 37.0 Å². The second kappa shape index (κ2) is 10.6. The zero-order valence-corrected chi connectivity index (χ0v) is 14.4. The summed E-state index contributed by atoms with van der Waals surface area (Å²) < 4.78 is 0. The second-order valence-electron chi connectivity index (χ2n) is 3.79. The van der Waals surface area contributed by atoms with E-state index in [-0.39, 0.29) is 32.4 Å². The fourth-order valence-electron chi connectivity index (χ4n) is 1.63. The van der Waals surface area contributed by atoms with Crippen LogP contribution in [0.5, 0.6) is 0 Å². The first-order valence-corrected chi connectivity index (χ1v) is 6.50. The molecular formula is C14H19N2O3Re-. The number of carbonyl (C=O) groups is 2. The molecule has 2 rings (SSSR count). The molecule has 0 saturated carbocycles. The van der Waals surface area contributed by atoms with Crippen LogP contribution in [-0.4, -0.2) is 24.5 Å². The van der Waals surface area contributed by atoms with E-state index >= 15 is 0 Å². The molecule has 1 amide bonds. The summed E-state index contributed by atoms with van der Waals surface area (Å²) in [6.07, 6.45) is 1.62. The van der Waals surface area contributed by atoms with Crippen LogP contribution in [0.15, 0.2) is 30.3 Å². The monoisotopic (exact) mass is 450 g/mol. The van der Waals surface area contributed by atoms with Gasteiger partial charge in [-0.2, -0.15) is 5.48 Å². The van der Waals surface area contributed by atoms with Crippen molar-refractivity contribution in [3.63, 3.8) is 0 Å². The summed E-state index contributed by atoms with van der Waals surface area (Å²) >= 11 is 0.